The molecule has 2 aromatic carbocycles. The summed E-state index contributed by atoms with van der Waals surface area (Å²) in [7, 11) is 0. The first-order chi connectivity index (χ1) is 12.1. The van der Waals surface area contributed by atoms with E-state index in [1.165, 1.54) is 5.01 Å². The van der Waals surface area contributed by atoms with Crippen LogP contribution in [0.5, 0.6) is 0 Å². The van der Waals surface area contributed by atoms with Crippen molar-refractivity contribution in [1.29, 1.82) is 0 Å². The zero-order valence-corrected chi connectivity index (χ0v) is 14.0. The number of carbonyl (C=O) groups excluding carboxylic acids is 1. The lowest BCUT2D eigenvalue weighted by molar-refractivity contribution is -0.118. The number of rotatable bonds is 3. The summed E-state index contributed by atoms with van der Waals surface area (Å²) in [6.07, 6.45) is 1.66. The number of aryl methyl sites for hydroxylation is 1. The van der Waals surface area contributed by atoms with Gasteiger partial charge < -0.3 is 4.98 Å². The van der Waals surface area contributed by atoms with E-state index in [1.807, 2.05) is 62.4 Å². The van der Waals surface area contributed by atoms with Crippen molar-refractivity contribution in [3.63, 3.8) is 0 Å². The molecule has 0 saturated carbocycles. The highest BCUT2D eigenvalue weighted by atomic mass is 16.2. The third kappa shape index (κ3) is 2.82. The van der Waals surface area contributed by atoms with Gasteiger partial charge in [-0.25, -0.2) is 4.98 Å². The van der Waals surface area contributed by atoms with Gasteiger partial charge in [0.05, 0.1) is 28.1 Å². The minimum Gasteiger partial charge on any atom is -0.342 e. The first-order valence-corrected chi connectivity index (χ1v) is 8.06. The minimum atomic E-state index is -0.445. The Morgan fingerprint density at radius 3 is 2.76 bits per heavy atom. The number of H-pyrrole nitrogens is 1. The van der Waals surface area contributed by atoms with Gasteiger partial charge in [0.1, 0.15) is 11.7 Å². The van der Waals surface area contributed by atoms with Crippen LogP contribution in [0, 0.1) is 12.8 Å². The fourth-order valence-electron chi connectivity index (χ4n) is 2.87. The van der Waals surface area contributed by atoms with Gasteiger partial charge >= 0.3 is 0 Å². The van der Waals surface area contributed by atoms with E-state index in [0.29, 0.717) is 0 Å². The summed E-state index contributed by atoms with van der Waals surface area (Å²) in [4.78, 5) is 24.7. The fourth-order valence-corrected chi connectivity index (χ4v) is 2.87. The number of hydrogen-bond acceptors (Lipinski definition) is 4. The summed E-state index contributed by atoms with van der Waals surface area (Å²) >= 11 is 0. The molecular weight excluding hydrogens is 314 g/mol. The van der Waals surface area contributed by atoms with Crippen LogP contribution in [-0.4, -0.2) is 27.8 Å². The van der Waals surface area contributed by atoms with Crippen LogP contribution in [0.25, 0.3) is 11.0 Å². The average molecular weight is 331 g/mol. The second-order valence-electron chi connectivity index (χ2n) is 6.01. The van der Waals surface area contributed by atoms with Crippen LogP contribution in [-0.2, 0) is 4.79 Å². The number of aliphatic imine (C=N–C) groups is 1. The van der Waals surface area contributed by atoms with Crippen molar-refractivity contribution in [3.8, 4) is 0 Å². The molecule has 1 aliphatic heterocycles. The van der Waals surface area contributed by atoms with Gasteiger partial charge in [-0.15, -0.1) is 0 Å². The van der Waals surface area contributed by atoms with Gasteiger partial charge in [0.25, 0.3) is 5.91 Å². The van der Waals surface area contributed by atoms with E-state index in [1.54, 1.807) is 6.21 Å². The highest BCUT2D eigenvalue weighted by Crippen LogP contribution is 2.24. The second-order valence-corrected chi connectivity index (χ2v) is 6.01. The van der Waals surface area contributed by atoms with Gasteiger partial charge in [-0.05, 0) is 44.2 Å². The zero-order chi connectivity index (χ0) is 17.4. The summed E-state index contributed by atoms with van der Waals surface area (Å²) in [6, 6.07) is 15.1. The van der Waals surface area contributed by atoms with Crippen LogP contribution < -0.4 is 5.01 Å². The monoisotopic (exact) mass is 331 g/mol. The first kappa shape index (κ1) is 15.3. The molecule has 25 heavy (non-hydrogen) atoms. The molecule has 2 heterocycles. The second kappa shape index (κ2) is 5.98. The summed E-state index contributed by atoms with van der Waals surface area (Å²) in [5.41, 5.74) is 4.10. The van der Waals surface area contributed by atoms with Crippen molar-refractivity contribution in [3.05, 3.63) is 54.4 Å². The van der Waals surface area contributed by atoms with Crippen LogP contribution in [0.4, 0.5) is 11.4 Å². The number of para-hydroxylation sites is 1. The predicted molar refractivity (Wildman–Crippen MR) is 99.5 cm³/mol. The third-order valence-electron chi connectivity index (χ3n) is 4.14. The smallest absolute Gasteiger partial charge is 0.261 e. The summed E-state index contributed by atoms with van der Waals surface area (Å²) < 4.78 is 0. The molecule has 0 fully saturated rings. The Morgan fingerprint density at radius 2 is 1.96 bits per heavy atom. The number of aromatic amines is 1. The number of aromatic nitrogens is 2. The SMILES string of the molecule is CC1=NN(c2ccccc2)C(=O)C1C=Nc1ccc2nc(C)[nH]c2c1. The Kier molecular flexibility index (Phi) is 3.65. The van der Waals surface area contributed by atoms with Crippen LogP contribution in [0.1, 0.15) is 12.7 Å². The highest BCUT2D eigenvalue weighted by Gasteiger charge is 2.33. The topological polar surface area (TPSA) is 73.7 Å². The Labute approximate surface area is 144 Å². The molecule has 0 radical (unpaired) electrons. The van der Waals surface area contributed by atoms with Gasteiger partial charge in [-0.1, -0.05) is 18.2 Å². The van der Waals surface area contributed by atoms with Crippen molar-refractivity contribution in [1.82, 2.24) is 9.97 Å². The summed E-state index contributed by atoms with van der Waals surface area (Å²) in [5, 5.41) is 5.82. The molecule has 0 aliphatic carbocycles. The van der Waals surface area contributed by atoms with Crippen LogP contribution in [0.3, 0.4) is 0 Å². The fraction of sp³-hybridized carbons (Fsp3) is 0.158. The molecule has 1 atom stereocenters. The number of imidazole rings is 1. The number of nitrogens with zero attached hydrogens (tertiary/aromatic N) is 4. The maximum Gasteiger partial charge on any atom is 0.261 e. The lowest BCUT2D eigenvalue weighted by Gasteiger charge is -2.12. The molecule has 1 unspecified atom stereocenters. The molecule has 124 valence electrons. The molecule has 1 N–H and O–H groups in total. The van der Waals surface area contributed by atoms with E-state index in [9.17, 15) is 4.79 Å². The third-order valence-corrected chi connectivity index (χ3v) is 4.14. The number of carbonyl (C=O) groups is 1. The average Bonchev–Trinajstić information content (AvgIpc) is 3.12. The summed E-state index contributed by atoms with van der Waals surface area (Å²) in [5.74, 6) is 0.328. The Bertz CT molecular complexity index is 1000. The van der Waals surface area contributed by atoms with E-state index < -0.39 is 5.92 Å². The van der Waals surface area contributed by atoms with Crippen molar-refractivity contribution < 1.29 is 4.79 Å². The first-order valence-electron chi connectivity index (χ1n) is 8.06. The largest absolute Gasteiger partial charge is 0.342 e. The molecular formula is C19H17N5O. The highest BCUT2D eigenvalue weighted by molar-refractivity contribution is 6.23. The molecule has 1 amide bonds. The molecule has 1 aliphatic rings. The van der Waals surface area contributed by atoms with Gasteiger partial charge in [-0.3, -0.25) is 9.79 Å². The van der Waals surface area contributed by atoms with E-state index >= 15 is 0 Å². The number of benzene rings is 2. The molecule has 6 nitrogen and oxygen atoms in total. The van der Waals surface area contributed by atoms with Crippen molar-refractivity contribution in [2.75, 3.05) is 5.01 Å². The Balaban J connectivity index is 1.58. The van der Waals surface area contributed by atoms with E-state index in [2.05, 4.69) is 20.1 Å². The number of hydrogen-bond donors (Lipinski definition) is 1. The molecule has 3 aromatic rings. The Morgan fingerprint density at radius 1 is 1.16 bits per heavy atom. The maximum absolute atomic E-state index is 12.7. The van der Waals surface area contributed by atoms with Crippen LogP contribution in [0.15, 0.2) is 58.6 Å². The Hall–Kier alpha value is -3.28. The van der Waals surface area contributed by atoms with Gasteiger partial charge in [0.15, 0.2) is 0 Å². The predicted octanol–water partition coefficient (Wildman–Crippen LogP) is 3.61. The minimum absolute atomic E-state index is 0.0917. The normalized spacial score (nSPS) is 17.7. The van der Waals surface area contributed by atoms with Gasteiger partial charge in [-0.2, -0.15) is 10.1 Å². The van der Waals surface area contributed by atoms with E-state index in [0.717, 1.165) is 33.9 Å². The van der Waals surface area contributed by atoms with Crippen molar-refractivity contribution in [2.24, 2.45) is 16.0 Å². The maximum atomic E-state index is 12.7. The number of anilines is 1. The molecule has 6 heteroatoms. The summed E-state index contributed by atoms with van der Waals surface area (Å²) in [6.45, 7) is 3.76. The lowest BCUT2D eigenvalue weighted by atomic mass is 10.1. The zero-order valence-electron chi connectivity index (χ0n) is 14.0. The molecule has 4 rings (SSSR count). The quantitative estimate of drug-likeness (QED) is 0.745. The lowest BCUT2D eigenvalue weighted by Crippen LogP contribution is -2.27. The van der Waals surface area contributed by atoms with Crippen molar-refractivity contribution >= 4 is 40.2 Å². The number of amides is 1. The molecule has 0 saturated heterocycles. The number of nitrogens with one attached hydrogen (secondary N) is 1. The van der Waals surface area contributed by atoms with Gasteiger partial charge in [0, 0.05) is 6.21 Å². The van der Waals surface area contributed by atoms with E-state index in [4.69, 9.17) is 0 Å². The number of hydrazone groups is 1. The molecule has 0 spiro atoms. The molecule has 0 bridgehead atoms. The molecule has 1 aromatic heterocycles. The van der Waals surface area contributed by atoms with Crippen LogP contribution >= 0.6 is 0 Å². The van der Waals surface area contributed by atoms with Gasteiger partial charge in [0.2, 0.25) is 0 Å². The van der Waals surface area contributed by atoms with E-state index in [-0.39, 0.29) is 5.91 Å². The number of fused-ring (bicyclic) bond motifs is 1. The van der Waals surface area contributed by atoms with Crippen molar-refractivity contribution in [2.45, 2.75) is 13.8 Å². The standard InChI is InChI=1S/C19H17N5O/c1-12-16(19(25)24(23-12)15-6-4-3-5-7-15)11-20-14-8-9-17-18(10-14)22-13(2)21-17/h3-11,16H,1-2H3,(H,21,22). The van der Waals surface area contributed by atoms with Crippen LogP contribution in [0.2, 0.25) is 0 Å².